The van der Waals surface area contributed by atoms with E-state index in [0.717, 1.165) is 10.4 Å². The molecule has 0 bridgehead atoms. The first-order valence-corrected chi connectivity index (χ1v) is 5.93. The van der Waals surface area contributed by atoms with Gasteiger partial charge in [0.2, 0.25) is 0 Å². The van der Waals surface area contributed by atoms with Gasteiger partial charge in [-0.15, -0.1) is 11.3 Å². The largest absolute Gasteiger partial charge is 0.338 e. The molecule has 1 aromatic heterocycles. The minimum absolute atomic E-state index is 0.0391. The summed E-state index contributed by atoms with van der Waals surface area (Å²) < 4.78 is 0. The predicted molar refractivity (Wildman–Crippen MR) is 67.7 cm³/mol. The van der Waals surface area contributed by atoms with Crippen molar-refractivity contribution in [2.24, 2.45) is 0 Å². The lowest BCUT2D eigenvalue weighted by Gasteiger charge is -1.97. The number of benzene rings is 1. The Morgan fingerprint density at radius 3 is 2.71 bits per heavy atom. The molecular weight excluding hydrogens is 232 g/mol. The molecule has 4 heteroatoms. The molecule has 0 radical (unpaired) electrons. The molecule has 17 heavy (non-hydrogen) atoms. The monoisotopic (exact) mass is 242 g/mol. The molecule has 1 N–H and O–H groups in total. The number of amides is 1. The molecular formula is C13H10N2OS. The Morgan fingerprint density at radius 1 is 1.24 bits per heavy atom. The zero-order valence-corrected chi connectivity index (χ0v) is 9.83. The van der Waals surface area contributed by atoms with Crippen LogP contribution in [0, 0.1) is 11.3 Å². The van der Waals surface area contributed by atoms with Crippen molar-refractivity contribution in [2.75, 3.05) is 6.54 Å². The first-order chi connectivity index (χ1) is 8.31. The molecule has 0 aliphatic heterocycles. The third-order valence-electron chi connectivity index (χ3n) is 2.22. The van der Waals surface area contributed by atoms with E-state index in [-0.39, 0.29) is 12.5 Å². The van der Waals surface area contributed by atoms with Crippen molar-refractivity contribution in [1.82, 2.24) is 5.32 Å². The Hall–Kier alpha value is -2.12. The van der Waals surface area contributed by atoms with Crippen molar-refractivity contribution in [3.63, 3.8) is 0 Å². The summed E-state index contributed by atoms with van der Waals surface area (Å²) in [6.07, 6.45) is 0. The second kappa shape index (κ2) is 5.28. The molecule has 1 amide bonds. The molecule has 0 atom stereocenters. The summed E-state index contributed by atoms with van der Waals surface area (Å²) in [5.41, 5.74) is 1.09. The third-order valence-corrected chi connectivity index (χ3v) is 3.35. The summed E-state index contributed by atoms with van der Waals surface area (Å²) in [5, 5.41) is 10.9. The molecule has 84 valence electrons. The maximum Gasteiger partial charge on any atom is 0.262 e. The summed E-state index contributed by atoms with van der Waals surface area (Å²) in [4.78, 5) is 13.3. The third kappa shape index (κ3) is 2.71. The number of hydrogen-bond donors (Lipinski definition) is 1. The van der Waals surface area contributed by atoms with E-state index >= 15 is 0 Å². The van der Waals surface area contributed by atoms with Crippen molar-refractivity contribution in [3.05, 3.63) is 47.3 Å². The number of nitrogens with one attached hydrogen (secondary N) is 1. The van der Waals surface area contributed by atoms with E-state index in [1.807, 2.05) is 42.5 Å². The van der Waals surface area contributed by atoms with E-state index < -0.39 is 0 Å². The second-order valence-electron chi connectivity index (χ2n) is 3.37. The van der Waals surface area contributed by atoms with Gasteiger partial charge in [-0.2, -0.15) is 5.26 Å². The molecule has 0 unspecified atom stereocenters. The SMILES string of the molecule is N#CCNC(=O)c1ccc(-c2ccccc2)s1. The highest BCUT2D eigenvalue weighted by Gasteiger charge is 2.09. The van der Waals surface area contributed by atoms with Crippen LogP contribution in [0.1, 0.15) is 9.67 Å². The van der Waals surface area contributed by atoms with Crippen LogP contribution in [-0.2, 0) is 0 Å². The molecule has 2 rings (SSSR count). The van der Waals surface area contributed by atoms with Gasteiger partial charge in [0.25, 0.3) is 5.91 Å². The smallest absolute Gasteiger partial charge is 0.262 e. The van der Waals surface area contributed by atoms with Gasteiger partial charge in [-0.25, -0.2) is 0 Å². The minimum atomic E-state index is -0.196. The fraction of sp³-hybridized carbons (Fsp3) is 0.0769. The predicted octanol–water partition coefficient (Wildman–Crippen LogP) is 2.67. The first kappa shape index (κ1) is 11.4. The number of nitriles is 1. The molecule has 3 nitrogen and oxygen atoms in total. The molecule has 2 aromatic rings. The van der Waals surface area contributed by atoms with Gasteiger partial charge in [-0.05, 0) is 17.7 Å². The van der Waals surface area contributed by atoms with Crippen LogP contribution in [-0.4, -0.2) is 12.5 Å². The van der Waals surface area contributed by atoms with E-state index in [4.69, 9.17) is 5.26 Å². The van der Waals surface area contributed by atoms with E-state index in [1.54, 1.807) is 6.07 Å². The minimum Gasteiger partial charge on any atom is -0.338 e. The van der Waals surface area contributed by atoms with Gasteiger partial charge in [-0.3, -0.25) is 4.79 Å². The molecule has 0 fully saturated rings. The van der Waals surface area contributed by atoms with Crippen molar-refractivity contribution in [1.29, 1.82) is 5.26 Å². The molecule has 0 saturated carbocycles. The molecule has 0 spiro atoms. The fourth-order valence-electron chi connectivity index (χ4n) is 1.42. The summed E-state index contributed by atoms with van der Waals surface area (Å²) in [6, 6.07) is 15.5. The van der Waals surface area contributed by atoms with Gasteiger partial charge in [-0.1, -0.05) is 30.3 Å². The Labute approximate surface area is 103 Å². The molecule has 1 heterocycles. The summed E-state index contributed by atoms with van der Waals surface area (Å²) in [5.74, 6) is -0.196. The number of thiophene rings is 1. The van der Waals surface area contributed by atoms with Crippen LogP contribution < -0.4 is 5.32 Å². The second-order valence-corrected chi connectivity index (χ2v) is 4.45. The van der Waals surface area contributed by atoms with Crippen LogP contribution in [0.25, 0.3) is 10.4 Å². The Bertz CT molecular complexity index is 554. The van der Waals surface area contributed by atoms with Crippen LogP contribution in [0.4, 0.5) is 0 Å². The average molecular weight is 242 g/mol. The lowest BCUT2D eigenvalue weighted by molar-refractivity contribution is 0.0962. The summed E-state index contributed by atoms with van der Waals surface area (Å²) in [7, 11) is 0. The number of carbonyl (C=O) groups excluding carboxylic acids is 1. The zero-order valence-electron chi connectivity index (χ0n) is 9.01. The van der Waals surface area contributed by atoms with Crippen LogP contribution >= 0.6 is 11.3 Å². The summed E-state index contributed by atoms with van der Waals surface area (Å²) in [6.45, 7) is 0.0391. The van der Waals surface area contributed by atoms with E-state index in [9.17, 15) is 4.79 Å². The van der Waals surface area contributed by atoms with Crippen LogP contribution in [0.2, 0.25) is 0 Å². The average Bonchev–Trinajstić information content (AvgIpc) is 2.86. The maximum absolute atomic E-state index is 11.6. The quantitative estimate of drug-likeness (QED) is 0.841. The highest BCUT2D eigenvalue weighted by molar-refractivity contribution is 7.17. The molecule has 0 saturated heterocycles. The fourth-order valence-corrected chi connectivity index (χ4v) is 2.35. The lowest BCUT2D eigenvalue weighted by Crippen LogP contribution is -2.22. The van der Waals surface area contributed by atoms with Crippen molar-refractivity contribution in [3.8, 4) is 16.5 Å². The van der Waals surface area contributed by atoms with E-state index in [1.165, 1.54) is 11.3 Å². The van der Waals surface area contributed by atoms with Crippen LogP contribution in [0.15, 0.2) is 42.5 Å². The van der Waals surface area contributed by atoms with Crippen LogP contribution in [0.5, 0.6) is 0 Å². The van der Waals surface area contributed by atoms with Gasteiger partial charge >= 0.3 is 0 Å². The van der Waals surface area contributed by atoms with Gasteiger partial charge in [0.1, 0.15) is 6.54 Å². The number of nitrogens with zero attached hydrogens (tertiary/aromatic N) is 1. The Balaban J connectivity index is 2.17. The Kier molecular flexibility index (Phi) is 3.53. The normalized spacial score (nSPS) is 9.59. The number of carbonyl (C=O) groups is 1. The van der Waals surface area contributed by atoms with Crippen molar-refractivity contribution in [2.45, 2.75) is 0 Å². The summed E-state index contributed by atoms with van der Waals surface area (Å²) >= 11 is 1.42. The highest BCUT2D eigenvalue weighted by Crippen LogP contribution is 2.27. The first-order valence-electron chi connectivity index (χ1n) is 5.11. The number of hydrogen-bond acceptors (Lipinski definition) is 3. The van der Waals surface area contributed by atoms with E-state index in [2.05, 4.69) is 5.32 Å². The van der Waals surface area contributed by atoms with Gasteiger partial charge in [0.15, 0.2) is 0 Å². The zero-order chi connectivity index (χ0) is 12.1. The standard InChI is InChI=1S/C13H10N2OS/c14-8-9-15-13(16)12-7-6-11(17-12)10-4-2-1-3-5-10/h1-7H,9H2,(H,15,16). The molecule has 1 aromatic carbocycles. The van der Waals surface area contributed by atoms with Crippen molar-refractivity contribution >= 4 is 17.2 Å². The van der Waals surface area contributed by atoms with Gasteiger partial charge in [0.05, 0.1) is 10.9 Å². The van der Waals surface area contributed by atoms with Gasteiger partial charge in [0, 0.05) is 4.88 Å². The van der Waals surface area contributed by atoms with Crippen LogP contribution in [0.3, 0.4) is 0 Å². The van der Waals surface area contributed by atoms with Crippen molar-refractivity contribution < 1.29 is 4.79 Å². The Morgan fingerprint density at radius 2 is 2.00 bits per heavy atom. The molecule has 0 aliphatic carbocycles. The topological polar surface area (TPSA) is 52.9 Å². The molecule has 0 aliphatic rings. The van der Waals surface area contributed by atoms with Gasteiger partial charge < -0.3 is 5.32 Å². The lowest BCUT2D eigenvalue weighted by atomic mass is 10.2. The highest BCUT2D eigenvalue weighted by atomic mass is 32.1. The van der Waals surface area contributed by atoms with E-state index in [0.29, 0.717) is 4.88 Å². The number of rotatable bonds is 3. The maximum atomic E-state index is 11.6.